The molecule has 10 rings (SSSR count). The van der Waals surface area contributed by atoms with Gasteiger partial charge in [-0.2, -0.15) is 0 Å². The average molecular weight is 1640 g/mol. The van der Waals surface area contributed by atoms with E-state index >= 15 is 0 Å². The number of nitrogens with one attached hydrogen (secondary N) is 5. The van der Waals surface area contributed by atoms with Crippen LogP contribution < -0.4 is 32.3 Å². The van der Waals surface area contributed by atoms with E-state index in [1.165, 1.54) is 93.0 Å². The molecule has 5 heterocycles. The van der Waals surface area contributed by atoms with Crippen LogP contribution in [-0.4, -0.2) is 184 Å². The molecule has 0 fully saturated rings. The normalized spacial score (nSPS) is 12.6. The number of ketones is 3. The van der Waals surface area contributed by atoms with Crippen molar-refractivity contribution in [2.24, 2.45) is 23.5 Å². The number of aliphatic hydroxyl groups is 2. The summed E-state index contributed by atoms with van der Waals surface area (Å²) in [6, 6.07) is 42.7. The quantitative estimate of drug-likeness (QED) is 0.0170. The lowest BCUT2D eigenvalue weighted by Gasteiger charge is -2.22. The molecule has 0 unspecified atom stereocenters. The first-order chi connectivity index (χ1) is 57.6. The number of Topliss-reactive ketones (excluding diaryl/α,β-unsaturated/α-hetero) is 3. The van der Waals surface area contributed by atoms with Gasteiger partial charge in [0, 0.05) is 99.9 Å². The van der Waals surface area contributed by atoms with E-state index in [2.05, 4.69) is 76.4 Å². The molecule has 8 atom stereocenters. The summed E-state index contributed by atoms with van der Waals surface area (Å²) >= 11 is 0. The van der Waals surface area contributed by atoms with Gasteiger partial charge in [-0.25, -0.2) is 29.7 Å². The molecule has 0 saturated carbocycles. The molecule has 32 heteroatoms. The zero-order valence-corrected chi connectivity index (χ0v) is 67.7. The van der Waals surface area contributed by atoms with Crippen molar-refractivity contribution >= 4 is 65.9 Å². The van der Waals surface area contributed by atoms with Crippen molar-refractivity contribution in [2.75, 3.05) is 0 Å². The summed E-state index contributed by atoms with van der Waals surface area (Å²) in [6.45, 7) is 11.9. The van der Waals surface area contributed by atoms with Gasteiger partial charge >= 0.3 is 13.1 Å². The fourth-order valence-electron chi connectivity index (χ4n) is 12.0. The number of nitrogens with zero attached hydrogens (tertiary/aromatic N) is 10. The molecule has 120 heavy (non-hydrogen) atoms. The number of aliphatic hydroxyl groups excluding tert-OH is 2. The number of benzene rings is 5. The van der Waals surface area contributed by atoms with Crippen LogP contribution in [0.25, 0.3) is 0 Å². The van der Waals surface area contributed by atoms with Crippen molar-refractivity contribution in [3.63, 3.8) is 0 Å². The van der Waals surface area contributed by atoms with Crippen LogP contribution in [0.1, 0.15) is 160 Å². The molecule has 5 aromatic heterocycles. The number of carbonyl (C=O) groups excluding carboxylic acids is 9. The maximum Gasteiger partial charge on any atom is 0.455 e. The standard InChI is InChI=1S/C20H26BN3O4.2C20H25N3O3.C14H14N4O2.C14H13N3O3/c1-14(2)10-16(21(27)28)12-19(25)17(11-15-6-4-3-5-7-15)24-20(26)18-13-22-8-9-23-18;2*1-14(2)10-16(24)12-19(25)17(11-15-6-4-3-5-7-15)23-20(26)18-13-21-8-9-22-18;15-13(19)11(8-10-4-2-1-3-5-10)18-14(20)12-9-16-6-7-17-12;18-13(12-9-15-6-7-16-12)17-11(14(19)20)8-10-4-2-1-3-5-10/h3-9,13-14,16-17,27-28H,10-12H2,1-2H3,(H,24,26);2*3-9,13-14,16-17,24H,10-12H2,1-2H3,(H,23,26);1-7,9,11H,8H2,(H2,15,19)(H,18,20);1-7,9,11H,8H2,(H,17,18)(H,19,20)/t2*16-,17+;16-,17-;2*11-/m11000/s1. The van der Waals surface area contributed by atoms with Gasteiger partial charge in [-0.05, 0) is 84.1 Å². The van der Waals surface area contributed by atoms with Crippen LogP contribution in [-0.2, 0) is 56.1 Å². The first kappa shape index (κ1) is 95.5. The van der Waals surface area contributed by atoms with Gasteiger partial charge in [-0.1, -0.05) is 193 Å². The first-order valence-corrected chi connectivity index (χ1v) is 39.0. The Balaban J connectivity index is 0.000000234. The molecule has 6 amide bonds. The summed E-state index contributed by atoms with van der Waals surface area (Å²) in [5.41, 5.74) is 10.5. The predicted molar refractivity (Wildman–Crippen MR) is 447 cm³/mol. The van der Waals surface area contributed by atoms with E-state index in [-0.39, 0.29) is 77.4 Å². The lowest BCUT2D eigenvalue weighted by atomic mass is 9.66. The summed E-state index contributed by atoms with van der Waals surface area (Å²) in [6.07, 6.45) is 22.7. The zero-order valence-electron chi connectivity index (χ0n) is 67.7. The molecule has 0 spiro atoms. The Morgan fingerprint density at radius 2 is 0.550 bits per heavy atom. The van der Waals surface area contributed by atoms with Gasteiger partial charge in [0.15, 0.2) is 17.3 Å². The van der Waals surface area contributed by atoms with Crippen LogP contribution in [0.5, 0.6) is 0 Å². The Morgan fingerprint density at radius 3 is 0.767 bits per heavy atom. The number of hydrogen-bond acceptors (Lipinski definition) is 24. The second-order valence-corrected chi connectivity index (χ2v) is 29.2. The smallest absolute Gasteiger partial charge is 0.455 e. The van der Waals surface area contributed by atoms with Crippen molar-refractivity contribution in [2.45, 2.75) is 160 Å². The van der Waals surface area contributed by atoms with E-state index < -0.39 is 96.8 Å². The minimum atomic E-state index is -1.58. The van der Waals surface area contributed by atoms with Gasteiger partial charge in [0.25, 0.3) is 29.5 Å². The number of rotatable bonds is 38. The van der Waals surface area contributed by atoms with Gasteiger partial charge in [-0.15, -0.1) is 0 Å². The topological polar surface area (TPSA) is 487 Å². The van der Waals surface area contributed by atoms with E-state index in [4.69, 9.17) is 5.73 Å². The molecule has 12 N–H and O–H groups in total. The number of carboxylic acids is 1. The molecule has 0 aliphatic heterocycles. The van der Waals surface area contributed by atoms with Crippen LogP contribution in [0.4, 0.5) is 0 Å². The van der Waals surface area contributed by atoms with Gasteiger partial charge in [-0.3, -0.25) is 68.1 Å². The monoisotopic (exact) mass is 1630 g/mol. The molecule has 10 aromatic rings. The van der Waals surface area contributed by atoms with Crippen LogP contribution in [0.3, 0.4) is 0 Å². The third kappa shape index (κ3) is 36.9. The number of aromatic nitrogens is 10. The number of nitrogens with two attached hydrogens (primary N) is 1. The fraction of sp³-hybridized carbons (Fsp3) is 0.318. The highest BCUT2D eigenvalue weighted by molar-refractivity contribution is 6.43. The van der Waals surface area contributed by atoms with Gasteiger partial charge in [0.2, 0.25) is 5.91 Å². The molecule has 0 aliphatic rings. The van der Waals surface area contributed by atoms with Crippen molar-refractivity contribution in [1.82, 2.24) is 76.4 Å². The van der Waals surface area contributed by atoms with Crippen molar-refractivity contribution in [3.8, 4) is 0 Å². The highest BCUT2D eigenvalue weighted by Gasteiger charge is 2.33. The lowest BCUT2D eigenvalue weighted by Crippen LogP contribution is -2.46. The Hall–Kier alpha value is -13.3. The first-order valence-electron chi connectivity index (χ1n) is 39.0. The Morgan fingerprint density at radius 1 is 0.325 bits per heavy atom. The minimum Gasteiger partial charge on any atom is -0.480 e. The summed E-state index contributed by atoms with van der Waals surface area (Å²) in [4.78, 5) is 161. The number of hydrogen-bond donors (Lipinski definition) is 11. The van der Waals surface area contributed by atoms with Crippen LogP contribution in [0.2, 0.25) is 5.82 Å². The molecular weight excluding hydrogens is 1530 g/mol. The Bertz CT molecular complexity index is 4500. The number of carboxylic acid groups (broad SMARTS) is 1. The second kappa shape index (κ2) is 52.4. The molecule has 628 valence electrons. The summed E-state index contributed by atoms with van der Waals surface area (Å²) in [7, 11) is -1.58. The summed E-state index contributed by atoms with van der Waals surface area (Å²) in [5, 5.41) is 61.9. The van der Waals surface area contributed by atoms with E-state index in [1.54, 1.807) is 0 Å². The molecule has 0 radical (unpaired) electrons. The van der Waals surface area contributed by atoms with Crippen molar-refractivity contribution in [1.29, 1.82) is 0 Å². The SMILES string of the molecule is CC(C)C[C@@H](O)CC(=O)[C@H](Cc1ccccc1)NC(=O)c1cnccn1.CC(C)C[C@H](CC(=O)[C@H](Cc1ccccc1)NC(=O)c1cnccn1)B(O)O.CC(C)C[C@H](O)CC(=O)[C@H](Cc1ccccc1)NC(=O)c1cnccn1.NC(=O)[C@H](Cc1ccccc1)NC(=O)c1cnccn1.O=C(N[C@@H](Cc1ccccc1)C(=O)O)c1cnccn1. The van der Waals surface area contributed by atoms with E-state index in [1.807, 2.05) is 193 Å². The number of aliphatic carboxylic acids is 1. The molecule has 0 saturated heterocycles. The van der Waals surface area contributed by atoms with Gasteiger partial charge in [0.1, 0.15) is 40.6 Å². The highest BCUT2D eigenvalue weighted by Crippen LogP contribution is 2.25. The lowest BCUT2D eigenvalue weighted by molar-refractivity contribution is -0.139. The molecular formula is C88H103BN16O15. The highest BCUT2D eigenvalue weighted by atomic mass is 16.4. The van der Waals surface area contributed by atoms with Crippen molar-refractivity contribution < 1.29 is 73.3 Å². The summed E-state index contributed by atoms with van der Waals surface area (Å²) in [5.74, 6) is -4.54. The number of amides is 6. The summed E-state index contributed by atoms with van der Waals surface area (Å²) < 4.78 is 0. The fourth-order valence-corrected chi connectivity index (χ4v) is 12.0. The van der Waals surface area contributed by atoms with Crippen LogP contribution in [0.15, 0.2) is 245 Å². The van der Waals surface area contributed by atoms with Crippen molar-refractivity contribution in [3.05, 3.63) is 301 Å². The third-order valence-electron chi connectivity index (χ3n) is 17.7. The minimum absolute atomic E-state index is 0.0103. The Labute approximate surface area is 697 Å². The molecule has 0 bridgehead atoms. The average Bonchev–Trinajstić information content (AvgIpc) is 0.844. The van der Waals surface area contributed by atoms with Crippen LogP contribution in [0, 0.1) is 17.8 Å². The van der Waals surface area contributed by atoms with E-state index in [0.717, 1.165) is 27.8 Å². The van der Waals surface area contributed by atoms with E-state index in [9.17, 15) is 73.3 Å². The predicted octanol–water partition coefficient (Wildman–Crippen LogP) is 7.24. The molecule has 31 nitrogen and oxygen atoms in total. The number of primary amides is 1. The van der Waals surface area contributed by atoms with Crippen LogP contribution >= 0.6 is 0 Å². The number of carbonyl (C=O) groups is 10. The maximum atomic E-state index is 12.9. The maximum absolute atomic E-state index is 12.9. The third-order valence-corrected chi connectivity index (χ3v) is 17.7. The molecule has 0 aliphatic carbocycles. The van der Waals surface area contributed by atoms with E-state index in [0.29, 0.717) is 56.8 Å². The second-order valence-electron chi connectivity index (χ2n) is 29.2. The largest absolute Gasteiger partial charge is 0.480 e. The molecule has 5 aromatic carbocycles. The zero-order chi connectivity index (χ0) is 87.1. The Kier molecular flexibility index (Phi) is 41.7. The van der Waals surface area contributed by atoms with Gasteiger partial charge < -0.3 is 57.7 Å². The van der Waals surface area contributed by atoms with Gasteiger partial charge in [0.05, 0.1) is 61.3 Å².